The van der Waals surface area contributed by atoms with Crippen molar-refractivity contribution < 1.29 is 9.90 Å². The number of hydrogen-bond acceptors (Lipinski definition) is 3. The lowest BCUT2D eigenvalue weighted by atomic mass is 9.96. The highest BCUT2D eigenvalue weighted by Crippen LogP contribution is 2.31. The zero-order valence-electron chi connectivity index (χ0n) is 9.24. The van der Waals surface area contributed by atoms with E-state index in [4.69, 9.17) is 0 Å². The molecule has 1 rings (SSSR count). The van der Waals surface area contributed by atoms with Crippen molar-refractivity contribution in [3.63, 3.8) is 0 Å². The van der Waals surface area contributed by atoms with E-state index in [0.29, 0.717) is 5.56 Å². The summed E-state index contributed by atoms with van der Waals surface area (Å²) in [5.74, 6) is 0.508. The van der Waals surface area contributed by atoms with Crippen LogP contribution in [0.5, 0.6) is 5.75 Å². The summed E-state index contributed by atoms with van der Waals surface area (Å²) < 4.78 is 0. The molecule has 0 amide bonds. The average molecular weight is 205 g/mol. The molecule has 0 spiro atoms. The molecule has 1 aromatic rings. The van der Waals surface area contributed by atoms with Crippen LogP contribution in [0.3, 0.4) is 0 Å². The van der Waals surface area contributed by atoms with Crippen molar-refractivity contribution in [3.05, 3.63) is 28.8 Å². The highest BCUT2D eigenvalue weighted by atomic mass is 16.3. The minimum Gasteiger partial charge on any atom is -0.507 e. The predicted octanol–water partition coefficient (Wildman–Crippen LogP) is 2.66. The van der Waals surface area contributed by atoms with Crippen molar-refractivity contribution in [1.29, 1.82) is 0 Å². The molecule has 0 bridgehead atoms. The second-order valence-corrected chi connectivity index (χ2v) is 3.86. The lowest BCUT2D eigenvalue weighted by Gasteiger charge is -2.13. The highest BCUT2D eigenvalue weighted by molar-refractivity contribution is 5.47. The van der Waals surface area contributed by atoms with E-state index in [1.54, 1.807) is 0 Å². The van der Waals surface area contributed by atoms with Gasteiger partial charge in [-0.2, -0.15) is 0 Å². The van der Waals surface area contributed by atoms with E-state index in [-0.39, 0.29) is 18.2 Å². The quantitative estimate of drug-likeness (QED) is 0.609. The van der Waals surface area contributed by atoms with E-state index in [0.717, 1.165) is 11.1 Å². The fourth-order valence-electron chi connectivity index (χ4n) is 1.53. The van der Waals surface area contributed by atoms with Gasteiger partial charge in [0.05, 0.1) is 6.54 Å². The van der Waals surface area contributed by atoms with Crippen LogP contribution in [0.15, 0.2) is 17.1 Å². The summed E-state index contributed by atoms with van der Waals surface area (Å²) in [7, 11) is 0. The summed E-state index contributed by atoms with van der Waals surface area (Å²) in [6.45, 7) is 6.11. The first-order valence-corrected chi connectivity index (χ1v) is 4.93. The molecule has 15 heavy (non-hydrogen) atoms. The summed E-state index contributed by atoms with van der Waals surface area (Å²) in [5.41, 5.74) is 2.54. The smallest absolute Gasteiger partial charge is 0.235 e. The lowest BCUT2D eigenvalue weighted by Crippen LogP contribution is -1.95. The Bertz CT molecular complexity index is 404. The largest absolute Gasteiger partial charge is 0.507 e. The van der Waals surface area contributed by atoms with E-state index >= 15 is 0 Å². The fraction of sp³-hybridized carbons (Fsp3) is 0.417. The summed E-state index contributed by atoms with van der Waals surface area (Å²) in [4.78, 5) is 13.5. The second kappa shape index (κ2) is 4.76. The summed E-state index contributed by atoms with van der Waals surface area (Å²) in [6, 6.07) is 3.84. The monoisotopic (exact) mass is 205 g/mol. The topological polar surface area (TPSA) is 49.7 Å². The molecule has 0 radical (unpaired) electrons. The summed E-state index contributed by atoms with van der Waals surface area (Å²) in [5, 5.41) is 9.98. The van der Waals surface area contributed by atoms with Crippen molar-refractivity contribution in [2.24, 2.45) is 4.99 Å². The van der Waals surface area contributed by atoms with Gasteiger partial charge in [0.2, 0.25) is 6.08 Å². The van der Waals surface area contributed by atoms with Gasteiger partial charge in [0.15, 0.2) is 0 Å². The number of rotatable bonds is 3. The van der Waals surface area contributed by atoms with Crippen LogP contribution in [0.25, 0.3) is 0 Å². The molecule has 1 N–H and O–H groups in total. The molecule has 3 nitrogen and oxygen atoms in total. The third-order valence-electron chi connectivity index (χ3n) is 2.47. The van der Waals surface area contributed by atoms with Crippen LogP contribution in [0.1, 0.15) is 36.5 Å². The number of phenolic OH excluding ortho intramolecular Hbond substituents is 1. The number of aryl methyl sites for hydroxylation is 1. The molecular formula is C12H15NO2. The van der Waals surface area contributed by atoms with Gasteiger partial charge in [0.1, 0.15) is 5.75 Å². The fourth-order valence-corrected chi connectivity index (χ4v) is 1.53. The summed E-state index contributed by atoms with van der Waals surface area (Å²) >= 11 is 0. The maximum atomic E-state index is 10.0. The van der Waals surface area contributed by atoms with Gasteiger partial charge in [-0.25, -0.2) is 9.79 Å². The van der Waals surface area contributed by atoms with E-state index in [2.05, 4.69) is 4.99 Å². The van der Waals surface area contributed by atoms with Gasteiger partial charge in [0, 0.05) is 5.56 Å². The zero-order chi connectivity index (χ0) is 11.4. The number of carbonyl (C=O) groups excluding carboxylic acids is 1. The Morgan fingerprint density at radius 1 is 1.47 bits per heavy atom. The SMILES string of the molecule is Cc1ccc(C(C)C)c(O)c1CN=C=O. The van der Waals surface area contributed by atoms with E-state index < -0.39 is 0 Å². The molecule has 1 aromatic carbocycles. The third kappa shape index (κ3) is 2.45. The van der Waals surface area contributed by atoms with E-state index in [1.165, 1.54) is 6.08 Å². The van der Waals surface area contributed by atoms with Crippen LogP contribution in [-0.2, 0) is 11.3 Å². The number of isocyanates is 1. The minimum atomic E-state index is 0.196. The van der Waals surface area contributed by atoms with Gasteiger partial charge in [-0.15, -0.1) is 0 Å². The molecule has 0 aliphatic carbocycles. The Balaban J connectivity index is 3.23. The maximum absolute atomic E-state index is 10.0. The Morgan fingerprint density at radius 2 is 2.13 bits per heavy atom. The third-order valence-corrected chi connectivity index (χ3v) is 2.47. The maximum Gasteiger partial charge on any atom is 0.235 e. The molecule has 0 aromatic heterocycles. The first kappa shape index (κ1) is 11.5. The van der Waals surface area contributed by atoms with Gasteiger partial charge in [-0.3, -0.25) is 0 Å². The Labute approximate surface area is 89.5 Å². The molecule has 0 fully saturated rings. The molecule has 3 heteroatoms. The Hall–Kier alpha value is -1.60. The van der Waals surface area contributed by atoms with Crippen molar-refractivity contribution in [3.8, 4) is 5.75 Å². The predicted molar refractivity (Wildman–Crippen MR) is 58.8 cm³/mol. The van der Waals surface area contributed by atoms with Gasteiger partial charge < -0.3 is 5.11 Å². The molecule has 0 aliphatic heterocycles. The number of hydrogen-bond donors (Lipinski definition) is 1. The second-order valence-electron chi connectivity index (χ2n) is 3.86. The van der Waals surface area contributed by atoms with Crippen LogP contribution in [-0.4, -0.2) is 11.2 Å². The normalized spacial score (nSPS) is 10.1. The van der Waals surface area contributed by atoms with Crippen LogP contribution in [0.4, 0.5) is 0 Å². The molecular weight excluding hydrogens is 190 g/mol. The van der Waals surface area contributed by atoms with Gasteiger partial charge in [0.25, 0.3) is 0 Å². The van der Waals surface area contributed by atoms with Crippen LogP contribution >= 0.6 is 0 Å². The summed E-state index contributed by atoms with van der Waals surface area (Å²) in [6.07, 6.45) is 1.48. The Kier molecular flexibility index (Phi) is 3.64. The number of benzene rings is 1. The molecule has 80 valence electrons. The van der Waals surface area contributed by atoms with Crippen molar-refractivity contribution in [2.75, 3.05) is 0 Å². The van der Waals surface area contributed by atoms with Crippen LogP contribution in [0, 0.1) is 6.92 Å². The van der Waals surface area contributed by atoms with Crippen molar-refractivity contribution in [1.82, 2.24) is 0 Å². The standard InChI is InChI=1S/C12H15NO2/c1-8(2)10-5-4-9(3)11(12(10)15)6-13-7-14/h4-5,8,15H,6H2,1-3H3. The van der Waals surface area contributed by atoms with Crippen LogP contribution < -0.4 is 0 Å². The van der Waals surface area contributed by atoms with Crippen molar-refractivity contribution in [2.45, 2.75) is 33.2 Å². The molecule has 0 atom stereocenters. The average Bonchev–Trinajstić information content (AvgIpc) is 2.17. The van der Waals surface area contributed by atoms with Crippen LogP contribution in [0.2, 0.25) is 0 Å². The molecule has 0 saturated carbocycles. The number of nitrogens with zero attached hydrogens (tertiary/aromatic N) is 1. The Morgan fingerprint density at radius 3 is 2.67 bits per heavy atom. The van der Waals surface area contributed by atoms with E-state index in [9.17, 15) is 9.90 Å². The van der Waals surface area contributed by atoms with Gasteiger partial charge in [-0.1, -0.05) is 26.0 Å². The van der Waals surface area contributed by atoms with Crippen molar-refractivity contribution >= 4 is 6.08 Å². The molecule has 0 unspecified atom stereocenters. The zero-order valence-corrected chi connectivity index (χ0v) is 9.24. The number of aromatic hydroxyl groups is 1. The van der Waals surface area contributed by atoms with E-state index in [1.807, 2.05) is 32.9 Å². The number of phenols is 1. The first-order valence-electron chi connectivity index (χ1n) is 4.93. The minimum absolute atomic E-state index is 0.196. The first-order chi connectivity index (χ1) is 7.07. The van der Waals surface area contributed by atoms with Gasteiger partial charge in [-0.05, 0) is 24.0 Å². The number of aliphatic imine (C=N–C) groups is 1. The highest BCUT2D eigenvalue weighted by Gasteiger charge is 2.12. The molecule has 0 aliphatic rings. The lowest BCUT2D eigenvalue weighted by molar-refractivity contribution is 0.457. The molecule has 0 saturated heterocycles. The van der Waals surface area contributed by atoms with Gasteiger partial charge >= 0.3 is 0 Å². The molecule has 0 heterocycles.